The summed E-state index contributed by atoms with van der Waals surface area (Å²) in [5, 5.41) is 3.22. The maximum Gasteiger partial charge on any atom is 0.254 e. The van der Waals surface area contributed by atoms with Gasteiger partial charge in [0.15, 0.2) is 0 Å². The Kier molecular flexibility index (Phi) is 4.28. The molecule has 3 nitrogen and oxygen atoms in total. The number of carbonyl (C=O) groups is 1. The molecule has 5 heteroatoms. The minimum absolute atomic E-state index is 0.142. The van der Waals surface area contributed by atoms with Crippen LogP contribution < -0.4 is 5.32 Å². The van der Waals surface area contributed by atoms with Crippen molar-refractivity contribution in [3.05, 3.63) is 27.5 Å². The first-order valence-corrected chi connectivity index (χ1v) is 7.33. The number of hydrogen-bond acceptors (Lipinski definition) is 2. The van der Waals surface area contributed by atoms with Gasteiger partial charge in [0.1, 0.15) is 5.15 Å². The van der Waals surface area contributed by atoms with Gasteiger partial charge in [0.2, 0.25) is 0 Å². The van der Waals surface area contributed by atoms with Crippen molar-refractivity contribution in [3.63, 3.8) is 0 Å². The maximum absolute atomic E-state index is 12.0. The molecule has 2 rings (SSSR count). The number of hydrogen-bond donors (Lipinski definition) is 1. The van der Waals surface area contributed by atoms with E-state index in [4.69, 9.17) is 11.6 Å². The van der Waals surface area contributed by atoms with E-state index in [1.54, 1.807) is 12.3 Å². The number of aromatic nitrogens is 1. The fourth-order valence-electron chi connectivity index (χ4n) is 2.17. The average Bonchev–Trinajstić information content (AvgIpc) is 3.10. The van der Waals surface area contributed by atoms with E-state index in [2.05, 4.69) is 33.2 Å². The van der Waals surface area contributed by atoms with Gasteiger partial charge in [0.05, 0.1) is 5.56 Å². The smallest absolute Gasteiger partial charge is 0.254 e. The average molecular weight is 332 g/mol. The van der Waals surface area contributed by atoms with Crippen LogP contribution in [0.5, 0.6) is 0 Å². The van der Waals surface area contributed by atoms with Gasteiger partial charge in [-0.25, -0.2) is 4.98 Å². The summed E-state index contributed by atoms with van der Waals surface area (Å²) in [6, 6.07) is 1.70. The molecule has 1 aliphatic carbocycles. The Morgan fingerprint density at radius 1 is 1.61 bits per heavy atom. The largest absolute Gasteiger partial charge is 0.351 e. The standard InChI is InChI=1S/C13H16BrClN2O/c1-2-3-13(4-5-13)8-17-12(18)10-6-9(14)7-16-11(10)15/h6-7H,2-5,8H2,1H3,(H,17,18). The van der Waals surface area contributed by atoms with Crippen molar-refractivity contribution in [2.45, 2.75) is 32.6 Å². The molecule has 98 valence electrons. The fraction of sp³-hybridized carbons (Fsp3) is 0.538. The number of rotatable bonds is 5. The number of pyridine rings is 1. The van der Waals surface area contributed by atoms with Crippen LogP contribution in [0.1, 0.15) is 43.0 Å². The van der Waals surface area contributed by atoms with Gasteiger partial charge in [-0.1, -0.05) is 24.9 Å². The van der Waals surface area contributed by atoms with Gasteiger partial charge in [-0.3, -0.25) is 4.79 Å². The summed E-state index contributed by atoms with van der Waals surface area (Å²) < 4.78 is 0.756. The lowest BCUT2D eigenvalue weighted by Gasteiger charge is -2.15. The molecule has 0 unspecified atom stereocenters. The van der Waals surface area contributed by atoms with Crippen molar-refractivity contribution in [1.82, 2.24) is 10.3 Å². The van der Waals surface area contributed by atoms with Crippen LogP contribution in [0.25, 0.3) is 0 Å². The summed E-state index contributed by atoms with van der Waals surface area (Å²) in [5.74, 6) is -0.142. The highest BCUT2D eigenvalue weighted by molar-refractivity contribution is 9.10. The highest BCUT2D eigenvalue weighted by Crippen LogP contribution is 2.48. The number of nitrogens with one attached hydrogen (secondary N) is 1. The molecule has 1 N–H and O–H groups in total. The normalized spacial score (nSPS) is 16.4. The summed E-state index contributed by atoms with van der Waals surface area (Å²) in [7, 11) is 0. The molecule has 1 fully saturated rings. The topological polar surface area (TPSA) is 42.0 Å². The number of carbonyl (C=O) groups excluding carboxylic acids is 1. The molecule has 0 aromatic carbocycles. The van der Waals surface area contributed by atoms with Gasteiger partial charge in [0, 0.05) is 17.2 Å². The lowest BCUT2D eigenvalue weighted by molar-refractivity contribution is 0.0943. The van der Waals surface area contributed by atoms with Crippen LogP contribution in [-0.4, -0.2) is 17.4 Å². The molecule has 0 aliphatic heterocycles. The van der Waals surface area contributed by atoms with E-state index in [1.165, 1.54) is 19.3 Å². The Hall–Kier alpha value is -0.610. The third-order valence-corrected chi connectivity index (χ3v) is 4.15. The lowest BCUT2D eigenvalue weighted by atomic mass is 10.0. The molecular formula is C13H16BrClN2O. The van der Waals surface area contributed by atoms with Gasteiger partial charge in [-0.15, -0.1) is 0 Å². The zero-order chi connectivity index (χ0) is 13.2. The fourth-order valence-corrected chi connectivity index (χ4v) is 2.69. The van der Waals surface area contributed by atoms with Crippen molar-refractivity contribution in [2.24, 2.45) is 5.41 Å². The Morgan fingerprint density at radius 2 is 2.33 bits per heavy atom. The van der Waals surface area contributed by atoms with Crippen molar-refractivity contribution >= 4 is 33.4 Å². The molecular weight excluding hydrogens is 316 g/mol. The second-order valence-corrected chi connectivity index (χ2v) is 6.20. The van der Waals surface area contributed by atoms with E-state index >= 15 is 0 Å². The van der Waals surface area contributed by atoms with Gasteiger partial charge in [0.25, 0.3) is 5.91 Å². The molecule has 1 aliphatic rings. The van der Waals surface area contributed by atoms with Gasteiger partial charge in [-0.2, -0.15) is 0 Å². The second-order valence-electron chi connectivity index (χ2n) is 4.92. The third kappa shape index (κ3) is 3.23. The molecule has 18 heavy (non-hydrogen) atoms. The molecule has 0 bridgehead atoms. The minimum atomic E-state index is -0.142. The number of amides is 1. The Bertz CT molecular complexity index is 460. The van der Waals surface area contributed by atoms with Gasteiger partial charge in [-0.05, 0) is 46.7 Å². The van der Waals surface area contributed by atoms with Crippen LogP contribution in [0.4, 0.5) is 0 Å². The number of halogens is 2. The van der Waals surface area contributed by atoms with Crippen molar-refractivity contribution < 1.29 is 4.79 Å². The zero-order valence-corrected chi connectivity index (χ0v) is 12.6. The first-order chi connectivity index (χ1) is 8.56. The molecule has 0 atom stereocenters. The van der Waals surface area contributed by atoms with Crippen LogP contribution in [0.15, 0.2) is 16.7 Å². The van der Waals surface area contributed by atoms with Gasteiger partial charge >= 0.3 is 0 Å². The van der Waals surface area contributed by atoms with Crippen LogP contribution >= 0.6 is 27.5 Å². The zero-order valence-electron chi connectivity index (χ0n) is 10.3. The Labute approximate surface area is 120 Å². The first-order valence-electron chi connectivity index (χ1n) is 6.15. The van der Waals surface area contributed by atoms with E-state index in [-0.39, 0.29) is 11.1 Å². The van der Waals surface area contributed by atoms with E-state index in [0.717, 1.165) is 17.4 Å². The SMILES string of the molecule is CCCC1(CNC(=O)c2cc(Br)cnc2Cl)CC1. The lowest BCUT2D eigenvalue weighted by Crippen LogP contribution is -2.30. The first kappa shape index (κ1) is 13.8. The van der Waals surface area contributed by atoms with Crippen LogP contribution in [0.2, 0.25) is 5.15 Å². The van der Waals surface area contributed by atoms with Crippen molar-refractivity contribution in [3.8, 4) is 0 Å². The summed E-state index contributed by atoms with van der Waals surface area (Å²) in [6.45, 7) is 2.92. The molecule has 1 aromatic heterocycles. The minimum Gasteiger partial charge on any atom is -0.351 e. The summed E-state index contributed by atoms with van der Waals surface area (Å²) in [4.78, 5) is 16.0. The summed E-state index contributed by atoms with van der Waals surface area (Å²) >= 11 is 9.22. The molecule has 0 spiro atoms. The third-order valence-electron chi connectivity index (χ3n) is 3.41. The van der Waals surface area contributed by atoms with E-state index < -0.39 is 0 Å². The van der Waals surface area contributed by atoms with E-state index in [0.29, 0.717) is 11.0 Å². The van der Waals surface area contributed by atoms with Crippen LogP contribution in [0, 0.1) is 5.41 Å². The molecule has 0 saturated heterocycles. The van der Waals surface area contributed by atoms with Crippen LogP contribution in [0.3, 0.4) is 0 Å². The number of nitrogens with zero attached hydrogens (tertiary/aromatic N) is 1. The quantitative estimate of drug-likeness (QED) is 0.834. The van der Waals surface area contributed by atoms with E-state index in [1.807, 2.05) is 0 Å². The second kappa shape index (κ2) is 5.57. The molecule has 1 amide bonds. The highest BCUT2D eigenvalue weighted by atomic mass is 79.9. The maximum atomic E-state index is 12.0. The molecule has 0 radical (unpaired) electrons. The van der Waals surface area contributed by atoms with Crippen molar-refractivity contribution in [1.29, 1.82) is 0 Å². The Morgan fingerprint density at radius 3 is 2.94 bits per heavy atom. The summed E-state index contributed by atoms with van der Waals surface area (Å²) in [5.41, 5.74) is 0.773. The predicted molar refractivity (Wildman–Crippen MR) is 75.9 cm³/mol. The van der Waals surface area contributed by atoms with Crippen molar-refractivity contribution in [2.75, 3.05) is 6.54 Å². The monoisotopic (exact) mass is 330 g/mol. The highest BCUT2D eigenvalue weighted by Gasteiger charge is 2.41. The molecule has 1 aromatic rings. The van der Waals surface area contributed by atoms with Crippen LogP contribution in [-0.2, 0) is 0 Å². The van der Waals surface area contributed by atoms with Gasteiger partial charge < -0.3 is 5.32 Å². The predicted octanol–water partition coefficient (Wildman–Crippen LogP) is 3.81. The summed E-state index contributed by atoms with van der Waals surface area (Å²) in [6.07, 6.45) is 6.35. The molecule has 1 heterocycles. The molecule has 1 saturated carbocycles. The Balaban J connectivity index is 1.98. The van der Waals surface area contributed by atoms with E-state index in [9.17, 15) is 4.79 Å².